The van der Waals surface area contributed by atoms with Crippen LogP contribution in [0.2, 0.25) is 0 Å². The van der Waals surface area contributed by atoms with E-state index in [0.29, 0.717) is 5.92 Å². The molecule has 0 unspecified atom stereocenters. The van der Waals surface area contributed by atoms with Gasteiger partial charge in [-0.3, -0.25) is 4.90 Å². The molecule has 1 aliphatic heterocycles. The molecule has 1 saturated heterocycles. The van der Waals surface area contributed by atoms with E-state index in [1.807, 2.05) is 11.0 Å². The van der Waals surface area contributed by atoms with Gasteiger partial charge in [0, 0.05) is 13.1 Å². The van der Waals surface area contributed by atoms with Crippen molar-refractivity contribution < 1.29 is 22.7 Å². The Balaban J connectivity index is 1.59. The van der Waals surface area contributed by atoms with Gasteiger partial charge in [0.15, 0.2) is 0 Å². The zero-order valence-electron chi connectivity index (χ0n) is 15.8. The number of likely N-dealkylation sites (tertiary alicyclic amines) is 1. The van der Waals surface area contributed by atoms with Crippen molar-refractivity contribution in [1.82, 2.24) is 14.7 Å². The van der Waals surface area contributed by atoms with Crippen molar-refractivity contribution in [3.8, 4) is 0 Å². The highest BCUT2D eigenvalue weighted by molar-refractivity contribution is 5.90. The maximum Gasteiger partial charge on any atom is 0.341 e. The third-order valence-corrected chi connectivity index (χ3v) is 5.04. The third kappa shape index (κ3) is 4.92. The summed E-state index contributed by atoms with van der Waals surface area (Å²) in [6, 6.07) is 6.62. The van der Waals surface area contributed by atoms with Crippen LogP contribution in [-0.2, 0) is 17.8 Å². The Morgan fingerprint density at radius 3 is 2.71 bits per heavy atom. The number of rotatable bonds is 7. The lowest BCUT2D eigenvalue weighted by Gasteiger charge is -2.32. The number of ether oxygens (including phenoxy) is 1. The second-order valence-electron chi connectivity index (χ2n) is 7.00. The first-order chi connectivity index (χ1) is 13.5. The minimum absolute atomic E-state index is 0.117. The van der Waals surface area contributed by atoms with Crippen LogP contribution in [-0.4, -0.2) is 40.3 Å². The van der Waals surface area contributed by atoms with Gasteiger partial charge in [-0.05, 0) is 49.8 Å². The van der Waals surface area contributed by atoms with Crippen LogP contribution in [0.3, 0.4) is 0 Å². The fraction of sp³-hybridized carbons (Fsp3) is 0.500. The number of esters is 1. The van der Waals surface area contributed by atoms with Gasteiger partial charge in [-0.15, -0.1) is 0 Å². The Bertz CT molecular complexity index is 802. The molecule has 1 aromatic heterocycles. The summed E-state index contributed by atoms with van der Waals surface area (Å²) in [5, 5.41) is 3.98. The Kier molecular flexibility index (Phi) is 6.72. The van der Waals surface area contributed by atoms with Crippen LogP contribution in [0, 0.1) is 11.7 Å². The number of halogens is 3. The molecule has 8 heteroatoms. The standard InChI is InChI=1S/C20H24F3N3O2/c1-2-28-20(27)17-12-24-26(18(17)19(22)23)13-25-8-6-14(7-9-25)10-15-4-3-5-16(21)11-15/h3-5,11-12,14,19H,2,6-10,13H2,1H3. The van der Waals surface area contributed by atoms with Crippen LogP contribution in [0.5, 0.6) is 0 Å². The first kappa shape index (κ1) is 20.4. The van der Waals surface area contributed by atoms with Gasteiger partial charge in [0.25, 0.3) is 6.43 Å². The molecule has 0 amide bonds. The molecular formula is C20H24F3N3O2. The molecule has 1 aliphatic rings. The van der Waals surface area contributed by atoms with Crippen LogP contribution in [0.15, 0.2) is 30.5 Å². The Hall–Kier alpha value is -2.35. The lowest BCUT2D eigenvalue weighted by molar-refractivity contribution is 0.0510. The molecule has 0 aliphatic carbocycles. The van der Waals surface area contributed by atoms with Gasteiger partial charge in [-0.2, -0.15) is 5.10 Å². The fourth-order valence-corrected chi connectivity index (χ4v) is 3.62. The zero-order chi connectivity index (χ0) is 20.1. The van der Waals surface area contributed by atoms with Crippen molar-refractivity contribution in [2.24, 2.45) is 5.92 Å². The van der Waals surface area contributed by atoms with Crippen LogP contribution >= 0.6 is 0 Å². The lowest BCUT2D eigenvalue weighted by Crippen LogP contribution is -2.36. The lowest BCUT2D eigenvalue weighted by atomic mass is 9.90. The van der Waals surface area contributed by atoms with E-state index in [9.17, 15) is 18.0 Å². The summed E-state index contributed by atoms with van der Waals surface area (Å²) >= 11 is 0. The van der Waals surface area contributed by atoms with E-state index in [1.54, 1.807) is 19.1 Å². The molecule has 28 heavy (non-hydrogen) atoms. The van der Waals surface area contributed by atoms with Crippen molar-refractivity contribution in [3.63, 3.8) is 0 Å². The summed E-state index contributed by atoms with van der Waals surface area (Å²) in [4.78, 5) is 13.9. The molecule has 0 bridgehead atoms. The van der Waals surface area contributed by atoms with E-state index >= 15 is 0 Å². The molecular weight excluding hydrogens is 371 g/mol. The van der Waals surface area contributed by atoms with Gasteiger partial charge in [-0.25, -0.2) is 22.6 Å². The number of piperidine rings is 1. The Morgan fingerprint density at radius 1 is 1.32 bits per heavy atom. The molecule has 5 nitrogen and oxygen atoms in total. The van der Waals surface area contributed by atoms with Crippen molar-refractivity contribution in [1.29, 1.82) is 0 Å². The number of carbonyl (C=O) groups is 1. The predicted molar refractivity (Wildman–Crippen MR) is 97.5 cm³/mol. The average Bonchev–Trinajstić information content (AvgIpc) is 3.07. The highest BCUT2D eigenvalue weighted by atomic mass is 19.3. The molecule has 152 valence electrons. The minimum atomic E-state index is -2.81. The van der Waals surface area contributed by atoms with Gasteiger partial charge in [0.05, 0.1) is 19.5 Å². The fourth-order valence-electron chi connectivity index (χ4n) is 3.62. The predicted octanol–water partition coefficient (Wildman–Crippen LogP) is 4.05. The molecule has 0 atom stereocenters. The quantitative estimate of drug-likeness (QED) is 0.664. The van der Waals surface area contributed by atoms with Crippen LogP contribution in [0.25, 0.3) is 0 Å². The molecule has 0 saturated carbocycles. The summed E-state index contributed by atoms with van der Waals surface area (Å²) in [5.41, 5.74) is 0.391. The molecule has 3 rings (SSSR count). The van der Waals surface area contributed by atoms with Gasteiger partial charge >= 0.3 is 5.97 Å². The summed E-state index contributed by atoms with van der Waals surface area (Å²) in [6.07, 6.45) is 0.935. The molecule has 2 heterocycles. The van der Waals surface area contributed by atoms with Gasteiger partial charge in [0.2, 0.25) is 0 Å². The van der Waals surface area contributed by atoms with Crippen LogP contribution < -0.4 is 0 Å². The van der Waals surface area contributed by atoms with Crippen molar-refractivity contribution >= 4 is 5.97 Å². The summed E-state index contributed by atoms with van der Waals surface area (Å²) in [5.74, 6) is -0.580. The first-order valence-corrected chi connectivity index (χ1v) is 9.45. The van der Waals surface area contributed by atoms with Gasteiger partial charge < -0.3 is 4.74 Å². The maximum atomic E-state index is 13.5. The summed E-state index contributed by atoms with van der Waals surface area (Å²) in [7, 11) is 0. The number of hydrogen-bond donors (Lipinski definition) is 0. The number of nitrogens with zero attached hydrogens (tertiary/aromatic N) is 3. The van der Waals surface area contributed by atoms with Crippen LogP contribution in [0.4, 0.5) is 13.2 Å². The highest BCUT2D eigenvalue weighted by Gasteiger charge is 2.27. The molecule has 0 radical (unpaired) electrons. The van der Waals surface area contributed by atoms with Crippen LogP contribution in [0.1, 0.15) is 47.8 Å². The van der Waals surface area contributed by atoms with E-state index in [2.05, 4.69) is 5.10 Å². The maximum absolute atomic E-state index is 13.5. The number of hydrogen-bond acceptors (Lipinski definition) is 4. The highest BCUT2D eigenvalue weighted by Crippen LogP contribution is 2.26. The number of alkyl halides is 2. The van der Waals surface area contributed by atoms with E-state index in [4.69, 9.17) is 4.74 Å². The summed E-state index contributed by atoms with van der Waals surface area (Å²) in [6.45, 7) is 3.41. The minimum Gasteiger partial charge on any atom is -0.462 e. The first-order valence-electron chi connectivity index (χ1n) is 9.45. The van der Waals surface area contributed by atoms with Crippen molar-refractivity contribution in [2.45, 2.75) is 39.3 Å². The number of carbonyl (C=O) groups excluding carboxylic acids is 1. The molecule has 1 fully saturated rings. The third-order valence-electron chi connectivity index (χ3n) is 5.04. The monoisotopic (exact) mass is 395 g/mol. The Morgan fingerprint density at radius 2 is 2.07 bits per heavy atom. The molecule has 0 spiro atoms. The SMILES string of the molecule is CCOC(=O)c1cnn(CN2CCC(Cc3cccc(F)c3)CC2)c1C(F)F. The normalized spacial score (nSPS) is 15.9. The van der Waals surface area contributed by atoms with E-state index in [0.717, 1.165) is 44.1 Å². The van der Waals surface area contributed by atoms with E-state index in [-0.39, 0.29) is 24.7 Å². The Labute approximate surface area is 162 Å². The smallest absolute Gasteiger partial charge is 0.341 e. The van der Waals surface area contributed by atoms with E-state index in [1.165, 1.54) is 10.7 Å². The zero-order valence-corrected chi connectivity index (χ0v) is 15.8. The topological polar surface area (TPSA) is 47.4 Å². The van der Waals surface area contributed by atoms with Gasteiger partial charge in [-0.1, -0.05) is 12.1 Å². The van der Waals surface area contributed by atoms with Gasteiger partial charge in [0.1, 0.15) is 17.1 Å². The number of aromatic nitrogens is 2. The molecule has 0 N–H and O–H groups in total. The van der Waals surface area contributed by atoms with Crippen molar-refractivity contribution in [3.05, 3.63) is 53.1 Å². The largest absolute Gasteiger partial charge is 0.462 e. The molecule has 2 aromatic rings. The summed E-state index contributed by atoms with van der Waals surface area (Å²) < 4.78 is 46.3. The number of benzene rings is 1. The second kappa shape index (κ2) is 9.23. The van der Waals surface area contributed by atoms with E-state index < -0.39 is 18.1 Å². The average molecular weight is 395 g/mol. The van der Waals surface area contributed by atoms with Crippen molar-refractivity contribution in [2.75, 3.05) is 19.7 Å². The molecule has 1 aromatic carbocycles. The second-order valence-corrected chi connectivity index (χ2v) is 7.00.